The number of nitrogens with two attached hydrogens (primary N) is 1. The number of nitrogens with zero attached hydrogens (tertiary/aromatic N) is 1. The lowest BCUT2D eigenvalue weighted by atomic mass is 9.90. The SMILES string of the molecule is Cc1ccc(N)cc1C(=O)NC1CCCC(N(C)C)C1. The zero-order valence-electron chi connectivity index (χ0n) is 12.6. The van der Waals surface area contributed by atoms with Crippen molar-refractivity contribution >= 4 is 11.6 Å². The maximum absolute atomic E-state index is 12.4. The maximum atomic E-state index is 12.4. The van der Waals surface area contributed by atoms with Gasteiger partial charge < -0.3 is 16.0 Å². The molecular formula is C16H25N3O. The van der Waals surface area contributed by atoms with Crippen LogP contribution in [0.1, 0.15) is 41.6 Å². The zero-order chi connectivity index (χ0) is 14.7. The highest BCUT2D eigenvalue weighted by atomic mass is 16.1. The molecule has 0 aromatic heterocycles. The van der Waals surface area contributed by atoms with E-state index in [1.165, 1.54) is 12.8 Å². The van der Waals surface area contributed by atoms with E-state index in [1.54, 1.807) is 6.07 Å². The first-order valence-corrected chi connectivity index (χ1v) is 7.31. The summed E-state index contributed by atoms with van der Waals surface area (Å²) in [6.45, 7) is 1.94. The van der Waals surface area contributed by atoms with Gasteiger partial charge in [0, 0.05) is 23.3 Å². The largest absolute Gasteiger partial charge is 0.399 e. The fourth-order valence-corrected chi connectivity index (χ4v) is 2.91. The molecule has 1 aromatic rings. The van der Waals surface area contributed by atoms with Gasteiger partial charge in [0.1, 0.15) is 0 Å². The van der Waals surface area contributed by atoms with Crippen molar-refractivity contribution in [3.63, 3.8) is 0 Å². The van der Waals surface area contributed by atoms with Crippen LogP contribution in [0, 0.1) is 6.92 Å². The van der Waals surface area contributed by atoms with Crippen molar-refractivity contribution in [1.82, 2.24) is 10.2 Å². The van der Waals surface area contributed by atoms with Crippen LogP contribution in [0.25, 0.3) is 0 Å². The molecule has 110 valence electrons. The van der Waals surface area contributed by atoms with E-state index in [2.05, 4.69) is 24.3 Å². The molecule has 1 saturated carbocycles. The molecule has 0 radical (unpaired) electrons. The highest BCUT2D eigenvalue weighted by Crippen LogP contribution is 2.22. The Morgan fingerprint density at radius 1 is 1.35 bits per heavy atom. The Bertz CT molecular complexity index is 485. The highest BCUT2D eigenvalue weighted by molar-refractivity contribution is 5.96. The quantitative estimate of drug-likeness (QED) is 0.831. The van der Waals surface area contributed by atoms with Gasteiger partial charge in [-0.25, -0.2) is 0 Å². The van der Waals surface area contributed by atoms with Gasteiger partial charge in [0.15, 0.2) is 0 Å². The van der Waals surface area contributed by atoms with E-state index in [1.807, 2.05) is 19.1 Å². The molecule has 0 saturated heterocycles. The standard InChI is InChI=1S/C16H25N3O/c1-11-7-8-12(17)9-15(11)16(20)18-13-5-4-6-14(10-13)19(2)3/h7-9,13-14H,4-6,10,17H2,1-3H3,(H,18,20). The number of hydrogen-bond acceptors (Lipinski definition) is 3. The van der Waals surface area contributed by atoms with Gasteiger partial charge in [0.05, 0.1) is 0 Å². The summed E-state index contributed by atoms with van der Waals surface area (Å²) in [6, 6.07) is 6.32. The minimum Gasteiger partial charge on any atom is -0.399 e. The van der Waals surface area contributed by atoms with Crippen molar-refractivity contribution in [1.29, 1.82) is 0 Å². The molecule has 2 unspecified atom stereocenters. The van der Waals surface area contributed by atoms with E-state index >= 15 is 0 Å². The molecule has 1 aliphatic rings. The van der Waals surface area contributed by atoms with E-state index in [0.717, 1.165) is 18.4 Å². The Balaban J connectivity index is 2.02. The third-order valence-corrected chi connectivity index (χ3v) is 4.22. The first-order valence-electron chi connectivity index (χ1n) is 7.31. The van der Waals surface area contributed by atoms with Gasteiger partial charge in [-0.2, -0.15) is 0 Å². The Labute approximate surface area is 121 Å². The van der Waals surface area contributed by atoms with E-state index < -0.39 is 0 Å². The minimum absolute atomic E-state index is 0.000735. The van der Waals surface area contributed by atoms with Crippen LogP contribution in [-0.2, 0) is 0 Å². The number of carbonyl (C=O) groups is 1. The molecular weight excluding hydrogens is 250 g/mol. The Morgan fingerprint density at radius 3 is 2.80 bits per heavy atom. The van der Waals surface area contributed by atoms with Crippen molar-refractivity contribution in [2.75, 3.05) is 19.8 Å². The lowest BCUT2D eigenvalue weighted by molar-refractivity contribution is 0.0910. The summed E-state index contributed by atoms with van der Waals surface area (Å²) in [5, 5.41) is 3.17. The van der Waals surface area contributed by atoms with Crippen molar-refractivity contribution in [2.45, 2.75) is 44.7 Å². The normalized spacial score (nSPS) is 22.8. The number of benzene rings is 1. The van der Waals surface area contributed by atoms with Crippen LogP contribution in [0.2, 0.25) is 0 Å². The predicted octanol–water partition coefficient (Wildman–Crippen LogP) is 2.18. The molecule has 0 bridgehead atoms. The molecule has 3 N–H and O–H groups in total. The highest BCUT2D eigenvalue weighted by Gasteiger charge is 2.25. The van der Waals surface area contributed by atoms with Gasteiger partial charge >= 0.3 is 0 Å². The van der Waals surface area contributed by atoms with E-state index in [4.69, 9.17) is 5.73 Å². The molecule has 2 rings (SSSR count). The van der Waals surface area contributed by atoms with Gasteiger partial charge in [0.25, 0.3) is 5.91 Å². The number of aryl methyl sites for hydroxylation is 1. The fourth-order valence-electron chi connectivity index (χ4n) is 2.91. The molecule has 0 aliphatic heterocycles. The molecule has 0 spiro atoms. The number of anilines is 1. The second kappa shape index (κ2) is 6.27. The number of nitrogen functional groups attached to an aromatic ring is 1. The minimum atomic E-state index is -0.000735. The molecule has 4 nitrogen and oxygen atoms in total. The first kappa shape index (κ1) is 14.9. The zero-order valence-corrected chi connectivity index (χ0v) is 12.6. The van der Waals surface area contributed by atoms with Crippen LogP contribution in [-0.4, -0.2) is 37.0 Å². The number of amides is 1. The molecule has 1 fully saturated rings. The topological polar surface area (TPSA) is 58.4 Å². The summed E-state index contributed by atoms with van der Waals surface area (Å²) in [5.41, 5.74) is 8.07. The third-order valence-electron chi connectivity index (χ3n) is 4.22. The van der Waals surface area contributed by atoms with Crippen molar-refractivity contribution in [3.8, 4) is 0 Å². The van der Waals surface area contributed by atoms with Gasteiger partial charge in [-0.3, -0.25) is 4.79 Å². The lowest BCUT2D eigenvalue weighted by Gasteiger charge is -2.33. The number of nitrogens with one attached hydrogen (secondary N) is 1. The van der Waals surface area contributed by atoms with Crippen LogP contribution in [0.15, 0.2) is 18.2 Å². The second-order valence-corrected chi connectivity index (χ2v) is 6.03. The maximum Gasteiger partial charge on any atom is 0.251 e. The first-order chi connectivity index (χ1) is 9.47. The van der Waals surface area contributed by atoms with E-state index in [-0.39, 0.29) is 11.9 Å². The summed E-state index contributed by atoms with van der Waals surface area (Å²) >= 11 is 0. The van der Waals surface area contributed by atoms with Crippen LogP contribution in [0.5, 0.6) is 0 Å². The average molecular weight is 275 g/mol. The van der Waals surface area contributed by atoms with Crippen molar-refractivity contribution in [2.24, 2.45) is 0 Å². The third kappa shape index (κ3) is 3.51. The number of hydrogen-bond donors (Lipinski definition) is 2. The number of carbonyl (C=O) groups excluding carboxylic acids is 1. The van der Waals surface area contributed by atoms with Gasteiger partial charge in [-0.1, -0.05) is 6.07 Å². The summed E-state index contributed by atoms with van der Waals surface area (Å²) in [4.78, 5) is 14.6. The lowest BCUT2D eigenvalue weighted by Crippen LogP contribution is -2.43. The predicted molar refractivity (Wildman–Crippen MR) is 82.8 cm³/mol. The van der Waals surface area contributed by atoms with Gasteiger partial charge in [-0.15, -0.1) is 0 Å². The summed E-state index contributed by atoms with van der Waals surface area (Å²) in [5.74, 6) is -0.000735. The van der Waals surface area contributed by atoms with Gasteiger partial charge in [0.2, 0.25) is 0 Å². The monoisotopic (exact) mass is 275 g/mol. The second-order valence-electron chi connectivity index (χ2n) is 6.03. The molecule has 0 heterocycles. The van der Waals surface area contributed by atoms with E-state index in [9.17, 15) is 4.79 Å². The molecule has 20 heavy (non-hydrogen) atoms. The summed E-state index contributed by atoms with van der Waals surface area (Å²) in [6.07, 6.45) is 4.48. The molecule has 1 aromatic carbocycles. The van der Waals surface area contributed by atoms with Crippen molar-refractivity contribution in [3.05, 3.63) is 29.3 Å². The summed E-state index contributed by atoms with van der Waals surface area (Å²) in [7, 11) is 4.22. The summed E-state index contributed by atoms with van der Waals surface area (Å²) < 4.78 is 0. The molecule has 4 heteroatoms. The number of rotatable bonds is 3. The van der Waals surface area contributed by atoms with Crippen LogP contribution < -0.4 is 11.1 Å². The molecule has 2 atom stereocenters. The van der Waals surface area contributed by atoms with E-state index in [0.29, 0.717) is 17.3 Å². The van der Waals surface area contributed by atoms with Gasteiger partial charge in [-0.05, 0) is 64.4 Å². The smallest absolute Gasteiger partial charge is 0.251 e. The van der Waals surface area contributed by atoms with Crippen LogP contribution >= 0.6 is 0 Å². The van der Waals surface area contributed by atoms with Crippen LogP contribution in [0.3, 0.4) is 0 Å². The molecule has 1 amide bonds. The Hall–Kier alpha value is -1.55. The fraction of sp³-hybridized carbons (Fsp3) is 0.562. The Kier molecular flexibility index (Phi) is 4.65. The van der Waals surface area contributed by atoms with Crippen LogP contribution in [0.4, 0.5) is 5.69 Å². The molecule has 1 aliphatic carbocycles. The Morgan fingerprint density at radius 2 is 2.10 bits per heavy atom. The average Bonchev–Trinajstić information content (AvgIpc) is 2.41. The van der Waals surface area contributed by atoms with Crippen molar-refractivity contribution < 1.29 is 4.79 Å².